The topological polar surface area (TPSA) is 52.6 Å². The predicted molar refractivity (Wildman–Crippen MR) is 98.0 cm³/mol. The van der Waals surface area contributed by atoms with Crippen LogP contribution in [0.5, 0.6) is 0 Å². The summed E-state index contributed by atoms with van der Waals surface area (Å²) in [5, 5.41) is 14.5. The molecule has 4 nitrogen and oxygen atoms in total. The third-order valence-corrected chi connectivity index (χ3v) is 5.15. The second kappa shape index (κ2) is 7.77. The highest BCUT2D eigenvalue weighted by Gasteiger charge is 2.24. The number of aliphatic hydroxyl groups excluding tert-OH is 1. The maximum absolute atomic E-state index is 12.4. The zero-order chi connectivity index (χ0) is 16.9. The monoisotopic (exact) mass is 326 g/mol. The van der Waals surface area contributed by atoms with E-state index in [-0.39, 0.29) is 12.5 Å². The van der Waals surface area contributed by atoms with Gasteiger partial charge >= 0.3 is 0 Å². The van der Waals surface area contributed by atoms with Crippen molar-refractivity contribution in [3.05, 3.63) is 42.5 Å². The zero-order valence-electron chi connectivity index (χ0n) is 14.2. The molecule has 1 fully saturated rings. The summed E-state index contributed by atoms with van der Waals surface area (Å²) in [4.78, 5) is 14.6. The van der Waals surface area contributed by atoms with E-state index in [0.717, 1.165) is 42.1 Å². The molecular weight excluding hydrogens is 300 g/mol. The van der Waals surface area contributed by atoms with Crippen LogP contribution < -0.4 is 5.32 Å². The molecule has 0 radical (unpaired) electrons. The van der Waals surface area contributed by atoms with Gasteiger partial charge in [0.2, 0.25) is 5.91 Å². The van der Waals surface area contributed by atoms with Gasteiger partial charge in [-0.2, -0.15) is 0 Å². The molecule has 3 rings (SSSR count). The Morgan fingerprint density at radius 2 is 1.83 bits per heavy atom. The van der Waals surface area contributed by atoms with Gasteiger partial charge in [0.25, 0.3) is 0 Å². The van der Waals surface area contributed by atoms with Crippen LogP contribution in [0.1, 0.15) is 25.7 Å². The third-order valence-electron chi connectivity index (χ3n) is 5.15. The van der Waals surface area contributed by atoms with Crippen molar-refractivity contribution in [3.8, 4) is 0 Å². The smallest absolute Gasteiger partial charge is 0.238 e. The van der Waals surface area contributed by atoms with E-state index in [2.05, 4.69) is 22.3 Å². The van der Waals surface area contributed by atoms with Crippen molar-refractivity contribution in [3.63, 3.8) is 0 Å². The minimum atomic E-state index is 0.0261. The average Bonchev–Trinajstić information content (AvgIpc) is 2.62. The van der Waals surface area contributed by atoms with Gasteiger partial charge in [0, 0.05) is 23.7 Å². The SMILES string of the molecule is CN(CC(=O)Nc1cccc2ccccc12)C1CCC(CO)CC1. The van der Waals surface area contributed by atoms with Crippen molar-refractivity contribution in [1.82, 2.24) is 4.90 Å². The number of nitrogens with one attached hydrogen (secondary N) is 1. The molecule has 2 aromatic carbocycles. The average molecular weight is 326 g/mol. The normalized spacial score (nSPS) is 21.1. The van der Waals surface area contributed by atoms with E-state index in [0.29, 0.717) is 18.5 Å². The van der Waals surface area contributed by atoms with Crippen molar-refractivity contribution in [2.24, 2.45) is 5.92 Å². The molecule has 1 aliphatic carbocycles. The summed E-state index contributed by atoms with van der Waals surface area (Å²) in [6.07, 6.45) is 4.22. The molecule has 0 unspecified atom stereocenters. The maximum atomic E-state index is 12.4. The van der Waals surface area contributed by atoms with Crippen LogP contribution in [0.15, 0.2) is 42.5 Å². The Kier molecular flexibility index (Phi) is 5.48. The fourth-order valence-corrected chi connectivity index (χ4v) is 3.65. The minimum Gasteiger partial charge on any atom is -0.396 e. The van der Waals surface area contributed by atoms with E-state index in [1.165, 1.54) is 0 Å². The lowest BCUT2D eigenvalue weighted by Crippen LogP contribution is -2.40. The highest BCUT2D eigenvalue weighted by molar-refractivity contribution is 6.02. The van der Waals surface area contributed by atoms with Gasteiger partial charge < -0.3 is 10.4 Å². The molecule has 1 aliphatic rings. The van der Waals surface area contributed by atoms with Crippen LogP contribution in [-0.2, 0) is 4.79 Å². The van der Waals surface area contributed by atoms with Gasteiger partial charge in [-0.1, -0.05) is 36.4 Å². The van der Waals surface area contributed by atoms with E-state index in [4.69, 9.17) is 0 Å². The number of carbonyl (C=O) groups excluding carboxylic acids is 1. The summed E-state index contributed by atoms with van der Waals surface area (Å²) in [5.41, 5.74) is 0.871. The number of nitrogens with zero attached hydrogens (tertiary/aromatic N) is 1. The molecule has 0 aliphatic heterocycles. The van der Waals surface area contributed by atoms with Crippen LogP contribution in [-0.4, -0.2) is 42.2 Å². The number of rotatable bonds is 5. The molecule has 0 aromatic heterocycles. The molecule has 0 atom stereocenters. The van der Waals surface area contributed by atoms with E-state index in [1.807, 2.05) is 37.4 Å². The first-order valence-corrected chi connectivity index (χ1v) is 8.76. The molecule has 1 saturated carbocycles. The number of amides is 1. The fraction of sp³-hybridized carbons (Fsp3) is 0.450. The van der Waals surface area contributed by atoms with E-state index >= 15 is 0 Å². The lowest BCUT2D eigenvalue weighted by Gasteiger charge is -2.33. The Hall–Kier alpha value is -1.91. The first-order chi connectivity index (χ1) is 11.7. The largest absolute Gasteiger partial charge is 0.396 e. The van der Waals surface area contributed by atoms with E-state index in [1.54, 1.807) is 0 Å². The predicted octanol–water partition coefficient (Wildman–Crippen LogP) is 3.26. The summed E-state index contributed by atoms with van der Waals surface area (Å²) in [5.74, 6) is 0.470. The number of likely N-dealkylation sites (N-methyl/N-ethyl adjacent to an activating group) is 1. The molecule has 0 heterocycles. The number of hydrogen-bond acceptors (Lipinski definition) is 3. The Morgan fingerprint density at radius 3 is 2.58 bits per heavy atom. The summed E-state index contributed by atoms with van der Waals surface area (Å²) >= 11 is 0. The Labute approximate surface area is 143 Å². The summed E-state index contributed by atoms with van der Waals surface area (Å²) in [6, 6.07) is 14.5. The number of benzene rings is 2. The molecule has 0 spiro atoms. The Balaban J connectivity index is 1.59. The summed E-state index contributed by atoms with van der Waals surface area (Å²) < 4.78 is 0. The van der Waals surface area contributed by atoms with Gasteiger partial charge in [-0.05, 0) is 50.1 Å². The fourth-order valence-electron chi connectivity index (χ4n) is 3.65. The van der Waals surface area contributed by atoms with E-state index in [9.17, 15) is 9.90 Å². The zero-order valence-corrected chi connectivity index (χ0v) is 14.2. The van der Waals surface area contributed by atoms with Gasteiger partial charge in [0.1, 0.15) is 0 Å². The second-order valence-corrected chi connectivity index (χ2v) is 6.85. The lowest BCUT2D eigenvalue weighted by atomic mass is 9.86. The standard InChI is InChI=1S/C20H26N2O2/c1-22(17-11-9-15(14-23)10-12-17)13-20(24)21-19-8-4-6-16-5-2-3-7-18(16)19/h2-8,15,17,23H,9-14H2,1H3,(H,21,24). The van der Waals surface area contributed by atoms with Gasteiger partial charge in [0.15, 0.2) is 0 Å². The molecule has 24 heavy (non-hydrogen) atoms. The molecule has 4 heteroatoms. The Bertz CT molecular complexity index is 688. The van der Waals surface area contributed by atoms with Crippen molar-refractivity contribution >= 4 is 22.4 Å². The van der Waals surface area contributed by atoms with Crippen LogP contribution in [0.3, 0.4) is 0 Å². The van der Waals surface area contributed by atoms with Crippen LogP contribution in [0.25, 0.3) is 10.8 Å². The molecule has 1 amide bonds. The molecule has 0 saturated heterocycles. The highest BCUT2D eigenvalue weighted by atomic mass is 16.3. The van der Waals surface area contributed by atoms with Gasteiger partial charge in [-0.15, -0.1) is 0 Å². The first kappa shape index (κ1) is 16.9. The van der Waals surface area contributed by atoms with Crippen molar-refractivity contribution < 1.29 is 9.90 Å². The van der Waals surface area contributed by atoms with Gasteiger partial charge in [-0.25, -0.2) is 0 Å². The lowest BCUT2D eigenvalue weighted by molar-refractivity contribution is -0.117. The molecule has 2 aromatic rings. The van der Waals surface area contributed by atoms with Crippen LogP contribution in [0.2, 0.25) is 0 Å². The van der Waals surface area contributed by atoms with Gasteiger partial charge in [0.05, 0.1) is 6.54 Å². The molecule has 128 valence electrons. The van der Waals surface area contributed by atoms with Crippen LogP contribution >= 0.6 is 0 Å². The number of aliphatic hydroxyl groups is 1. The molecule has 2 N–H and O–H groups in total. The minimum absolute atomic E-state index is 0.0261. The molecule has 0 bridgehead atoms. The van der Waals surface area contributed by atoms with Crippen LogP contribution in [0.4, 0.5) is 5.69 Å². The number of fused-ring (bicyclic) bond motifs is 1. The van der Waals surface area contributed by atoms with Crippen molar-refractivity contribution in [2.75, 3.05) is 25.5 Å². The summed E-state index contributed by atoms with van der Waals surface area (Å²) in [7, 11) is 2.02. The van der Waals surface area contributed by atoms with E-state index < -0.39 is 0 Å². The maximum Gasteiger partial charge on any atom is 0.238 e. The second-order valence-electron chi connectivity index (χ2n) is 6.85. The van der Waals surface area contributed by atoms with Crippen LogP contribution in [0, 0.1) is 5.92 Å². The number of hydrogen-bond donors (Lipinski definition) is 2. The highest BCUT2D eigenvalue weighted by Crippen LogP contribution is 2.27. The third kappa shape index (κ3) is 3.94. The first-order valence-electron chi connectivity index (χ1n) is 8.76. The van der Waals surface area contributed by atoms with Crippen molar-refractivity contribution in [2.45, 2.75) is 31.7 Å². The quantitative estimate of drug-likeness (QED) is 0.887. The number of anilines is 1. The number of carbonyl (C=O) groups is 1. The molecular formula is C20H26N2O2. The summed E-state index contributed by atoms with van der Waals surface area (Å²) in [6.45, 7) is 0.690. The van der Waals surface area contributed by atoms with Crippen molar-refractivity contribution in [1.29, 1.82) is 0 Å². The van der Waals surface area contributed by atoms with Gasteiger partial charge in [-0.3, -0.25) is 9.69 Å². The Morgan fingerprint density at radius 1 is 1.12 bits per heavy atom.